The van der Waals surface area contributed by atoms with Gasteiger partial charge in [0.05, 0.1) is 11.7 Å². The van der Waals surface area contributed by atoms with E-state index in [2.05, 4.69) is 30.9 Å². The van der Waals surface area contributed by atoms with Gasteiger partial charge in [0.15, 0.2) is 5.65 Å². The van der Waals surface area contributed by atoms with Crippen molar-refractivity contribution in [1.82, 2.24) is 30.2 Å². The number of hydrogen-bond acceptors (Lipinski definition) is 6. The summed E-state index contributed by atoms with van der Waals surface area (Å²) in [4.78, 5) is 4.45. The fourth-order valence-electron chi connectivity index (χ4n) is 2.44. The molecule has 1 atom stereocenters. The summed E-state index contributed by atoms with van der Waals surface area (Å²) >= 11 is 6.15. The molecule has 1 unspecified atom stereocenters. The van der Waals surface area contributed by atoms with Crippen LogP contribution in [-0.2, 0) is 0 Å². The standard InChI is InChI=1S/C16H12ClN7/c17-12-5-3-4-11(10-12)16(13-6-1-2-9-18-13)19-14-7-8-15-20-22-23-24(15)21-14/h1-10,16H,(H,19,21). The molecule has 1 aromatic carbocycles. The molecular weight excluding hydrogens is 326 g/mol. The molecule has 8 heteroatoms. The summed E-state index contributed by atoms with van der Waals surface area (Å²) in [7, 11) is 0. The summed E-state index contributed by atoms with van der Waals surface area (Å²) in [5.41, 5.74) is 2.43. The molecule has 0 bridgehead atoms. The van der Waals surface area contributed by atoms with Crippen LogP contribution in [0.2, 0.25) is 5.02 Å². The smallest absolute Gasteiger partial charge is 0.200 e. The highest BCUT2D eigenvalue weighted by atomic mass is 35.5. The number of tetrazole rings is 1. The molecular formula is C16H12ClN7. The Morgan fingerprint density at radius 2 is 2.00 bits per heavy atom. The van der Waals surface area contributed by atoms with Crippen LogP contribution >= 0.6 is 11.6 Å². The highest BCUT2D eigenvalue weighted by Crippen LogP contribution is 2.26. The topological polar surface area (TPSA) is 80.9 Å². The molecule has 0 amide bonds. The van der Waals surface area contributed by atoms with Crippen molar-refractivity contribution in [1.29, 1.82) is 0 Å². The normalized spacial score (nSPS) is 12.2. The lowest BCUT2D eigenvalue weighted by molar-refractivity contribution is 0.729. The second-order valence-electron chi connectivity index (χ2n) is 5.13. The Labute approximate surface area is 142 Å². The van der Waals surface area contributed by atoms with Gasteiger partial charge in [-0.15, -0.1) is 14.8 Å². The Morgan fingerprint density at radius 3 is 2.83 bits per heavy atom. The van der Waals surface area contributed by atoms with Gasteiger partial charge in [0.25, 0.3) is 0 Å². The van der Waals surface area contributed by atoms with Crippen molar-refractivity contribution < 1.29 is 0 Å². The highest BCUT2D eigenvalue weighted by Gasteiger charge is 2.16. The van der Waals surface area contributed by atoms with E-state index < -0.39 is 0 Å². The SMILES string of the molecule is Clc1cccc(C(Nc2ccc3nnnn3n2)c2ccccn2)c1. The van der Waals surface area contributed by atoms with E-state index in [1.54, 1.807) is 12.3 Å². The van der Waals surface area contributed by atoms with Gasteiger partial charge < -0.3 is 5.32 Å². The molecule has 1 N–H and O–H groups in total. The number of benzene rings is 1. The van der Waals surface area contributed by atoms with E-state index in [1.807, 2.05) is 48.5 Å². The fourth-order valence-corrected chi connectivity index (χ4v) is 2.63. The van der Waals surface area contributed by atoms with Gasteiger partial charge in [-0.3, -0.25) is 4.98 Å². The third-order valence-corrected chi connectivity index (χ3v) is 3.76. The number of pyridine rings is 1. The van der Waals surface area contributed by atoms with Crippen molar-refractivity contribution in [2.24, 2.45) is 0 Å². The van der Waals surface area contributed by atoms with E-state index in [9.17, 15) is 0 Å². The molecule has 0 spiro atoms. The molecule has 0 saturated heterocycles. The lowest BCUT2D eigenvalue weighted by Gasteiger charge is -2.19. The monoisotopic (exact) mass is 337 g/mol. The van der Waals surface area contributed by atoms with Crippen LogP contribution in [0.1, 0.15) is 17.3 Å². The minimum Gasteiger partial charge on any atom is -0.356 e. The largest absolute Gasteiger partial charge is 0.356 e. The third-order valence-electron chi connectivity index (χ3n) is 3.53. The second kappa shape index (κ2) is 6.21. The molecule has 24 heavy (non-hydrogen) atoms. The molecule has 0 aliphatic rings. The summed E-state index contributed by atoms with van der Waals surface area (Å²) in [6.07, 6.45) is 1.76. The van der Waals surface area contributed by atoms with Crippen molar-refractivity contribution in [3.63, 3.8) is 0 Å². The number of nitrogens with zero attached hydrogens (tertiary/aromatic N) is 6. The molecule has 3 aromatic heterocycles. The Hall–Kier alpha value is -3.06. The second-order valence-corrected chi connectivity index (χ2v) is 5.57. The summed E-state index contributed by atoms with van der Waals surface area (Å²) in [5.74, 6) is 0.630. The van der Waals surface area contributed by atoms with Crippen LogP contribution in [0.15, 0.2) is 60.8 Å². The van der Waals surface area contributed by atoms with Gasteiger partial charge in [-0.1, -0.05) is 29.8 Å². The predicted molar refractivity (Wildman–Crippen MR) is 89.7 cm³/mol. The molecule has 0 aliphatic heterocycles. The van der Waals surface area contributed by atoms with Crippen molar-refractivity contribution in [2.75, 3.05) is 5.32 Å². The summed E-state index contributed by atoms with van der Waals surface area (Å²) in [5, 5.41) is 19.7. The molecule has 4 rings (SSSR count). The van der Waals surface area contributed by atoms with E-state index in [1.165, 1.54) is 4.63 Å². The molecule has 4 aromatic rings. The van der Waals surface area contributed by atoms with Gasteiger partial charge >= 0.3 is 0 Å². The zero-order chi connectivity index (χ0) is 16.4. The quantitative estimate of drug-likeness (QED) is 0.616. The first-order valence-electron chi connectivity index (χ1n) is 7.28. The Bertz CT molecular complexity index is 970. The van der Waals surface area contributed by atoms with Crippen LogP contribution < -0.4 is 5.32 Å². The zero-order valence-electron chi connectivity index (χ0n) is 12.4. The third kappa shape index (κ3) is 2.89. The van der Waals surface area contributed by atoms with E-state index in [4.69, 9.17) is 11.6 Å². The Kier molecular flexibility index (Phi) is 3.76. The van der Waals surface area contributed by atoms with Crippen LogP contribution in [0.5, 0.6) is 0 Å². The number of rotatable bonds is 4. The van der Waals surface area contributed by atoms with Gasteiger partial charge in [-0.25, -0.2) is 0 Å². The maximum Gasteiger partial charge on any atom is 0.200 e. The molecule has 0 aliphatic carbocycles. The van der Waals surface area contributed by atoms with E-state index in [0.29, 0.717) is 16.5 Å². The van der Waals surface area contributed by atoms with Crippen LogP contribution in [0.25, 0.3) is 5.65 Å². The predicted octanol–water partition coefficient (Wildman–Crippen LogP) is 2.77. The Morgan fingerprint density at radius 1 is 1.04 bits per heavy atom. The average Bonchev–Trinajstić information content (AvgIpc) is 3.08. The van der Waals surface area contributed by atoms with Gasteiger partial charge in [-0.05, 0) is 52.4 Å². The zero-order valence-corrected chi connectivity index (χ0v) is 13.2. The van der Waals surface area contributed by atoms with Gasteiger partial charge in [0.1, 0.15) is 5.82 Å². The van der Waals surface area contributed by atoms with E-state index in [-0.39, 0.29) is 6.04 Å². The number of halogens is 1. The minimum absolute atomic E-state index is 0.202. The van der Waals surface area contributed by atoms with E-state index >= 15 is 0 Å². The first-order valence-corrected chi connectivity index (χ1v) is 7.66. The lowest BCUT2D eigenvalue weighted by Crippen LogP contribution is -2.15. The van der Waals surface area contributed by atoms with Gasteiger partial charge in [-0.2, -0.15) is 0 Å². The average molecular weight is 338 g/mol. The van der Waals surface area contributed by atoms with Crippen LogP contribution in [0, 0.1) is 0 Å². The molecule has 118 valence electrons. The van der Waals surface area contributed by atoms with Gasteiger partial charge in [0, 0.05) is 11.2 Å². The first-order chi connectivity index (χ1) is 11.8. The highest BCUT2D eigenvalue weighted by molar-refractivity contribution is 6.30. The molecule has 0 fully saturated rings. The fraction of sp³-hybridized carbons (Fsp3) is 0.0625. The maximum absolute atomic E-state index is 6.15. The van der Waals surface area contributed by atoms with Crippen LogP contribution in [0.4, 0.5) is 5.82 Å². The molecule has 7 nitrogen and oxygen atoms in total. The number of nitrogens with one attached hydrogen (secondary N) is 1. The molecule has 3 heterocycles. The van der Waals surface area contributed by atoms with Crippen LogP contribution in [0.3, 0.4) is 0 Å². The number of fused-ring (bicyclic) bond motifs is 1. The van der Waals surface area contributed by atoms with Crippen molar-refractivity contribution in [2.45, 2.75) is 6.04 Å². The maximum atomic E-state index is 6.15. The van der Waals surface area contributed by atoms with Crippen LogP contribution in [-0.4, -0.2) is 30.2 Å². The summed E-state index contributed by atoms with van der Waals surface area (Å²) in [6.45, 7) is 0. The Balaban J connectivity index is 1.74. The van der Waals surface area contributed by atoms with Crippen molar-refractivity contribution >= 4 is 23.1 Å². The number of hydrogen-bond donors (Lipinski definition) is 1. The molecule has 0 saturated carbocycles. The van der Waals surface area contributed by atoms with Gasteiger partial charge in [0.2, 0.25) is 0 Å². The summed E-state index contributed by atoms with van der Waals surface area (Å²) < 4.78 is 1.37. The number of anilines is 1. The van der Waals surface area contributed by atoms with Crippen molar-refractivity contribution in [3.8, 4) is 0 Å². The van der Waals surface area contributed by atoms with E-state index in [0.717, 1.165) is 11.3 Å². The lowest BCUT2D eigenvalue weighted by atomic mass is 10.0. The van der Waals surface area contributed by atoms with Crippen molar-refractivity contribution in [3.05, 3.63) is 77.1 Å². The molecule has 0 radical (unpaired) electrons. The first kappa shape index (κ1) is 14.5. The minimum atomic E-state index is -0.202. The number of aromatic nitrogens is 6. The summed E-state index contributed by atoms with van der Waals surface area (Å²) in [6, 6.07) is 16.8.